The molecule has 6 heteroatoms. The predicted molar refractivity (Wildman–Crippen MR) is 98.3 cm³/mol. The van der Waals surface area contributed by atoms with Crippen LogP contribution in [-0.2, 0) is 4.79 Å². The molecule has 0 spiro atoms. The number of rotatable bonds is 5. The van der Waals surface area contributed by atoms with Gasteiger partial charge in [-0.15, -0.1) is 0 Å². The van der Waals surface area contributed by atoms with Gasteiger partial charge in [-0.25, -0.2) is 4.79 Å². The number of nitrogens with zero attached hydrogens (tertiary/aromatic N) is 1. The molecule has 0 aliphatic rings. The third-order valence-corrected chi connectivity index (χ3v) is 3.29. The van der Waals surface area contributed by atoms with Crippen LogP contribution in [0.4, 0.5) is 21.9 Å². The minimum Gasteiger partial charge on any atom is -0.326 e. The summed E-state index contributed by atoms with van der Waals surface area (Å²) >= 11 is 0. The van der Waals surface area contributed by atoms with Gasteiger partial charge in [-0.1, -0.05) is 13.8 Å². The third-order valence-electron chi connectivity index (χ3n) is 3.29. The highest BCUT2D eigenvalue weighted by molar-refractivity contribution is 6.00. The van der Waals surface area contributed by atoms with E-state index in [2.05, 4.69) is 16.0 Å². The van der Waals surface area contributed by atoms with Gasteiger partial charge < -0.3 is 16.0 Å². The van der Waals surface area contributed by atoms with Crippen LogP contribution in [0.25, 0.3) is 0 Å². The van der Waals surface area contributed by atoms with Gasteiger partial charge in [0.25, 0.3) is 0 Å². The number of carbonyl (C=O) groups excluding carboxylic acids is 2. The maximum Gasteiger partial charge on any atom is 0.323 e. The van der Waals surface area contributed by atoms with Crippen molar-refractivity contribution in [3.63, 3.8) is 0 Å². The Labute approximate surface area is 146 Å². The molecule has 0 radical (unpaired) electrons. The highest BCUT2D eigenvalue weighted by atomic mass is 16.2. The van der Waals surface area contributed by atoms with Gasteiger partial charge in [-0.2, -0.15) is 5.26 Å². The Morgan fingerprint density at radius 3 is 1.76 bits per heavy atom. The molecule has 2 aromatic carbocycles. The van der Waals surface area contributed by atoms with Crippen molar-refractivity contribution in [2.75, 3.05) is 16.0 Å². The van der Waals surface area contributed by atoms with Crippen molar-refractivity contribution >= 4 is 29.0 Å². The largest absolute Gasteiger partial charge is 0.326 e. The molecule has 0 heterocycles. The van der Waals surface area contributed by atoms with Crippen LogP contribution in [0.3, 0.4) is 0 Å². The number of carbonyl (C=O) groups is 2. The van der Waals surface area contributed by atoms with E-state index in [1.165, 1.54) is 0 Å². The van der Waals surface area contributed by atoms with Crippen molar-refractivity contribution in [2.24, 2.45) is 5.92 Å². The van der Waals surface area contributed by atoms with Gasteiger partial charge in [0.1, 0.15) is 0 Å². The summed E-state index contributed by atoms with van der Waals surface area (Å²) in [5.41, 5.74) is 2.41. The zero-order valence-corrected chi connectivity index (χ0v) is 14.2. The van der Waals surface area contributed by atoms with E-state index in [0.717, 1.165) is 0 Å². The van der Waals surface area contributed by atoms with E-state index in [0.29, 0.717) is 35.0 Å². The summed E-state index contributed by atoms with van der Waals surface area (Å²) in [7, 11) is 0. The van der Waals surface area contributed by atoms with Crippen molar-refractivity contribution in [1.82, 2.24) is 0 Å². The Morgan fingerprint density at radius 2 is 1.32 bits per heavy atom. The highest BCUT2D eigenvalue weighted by Crippen LogP contribution is 2.15. The fourth-order valence-corrected chi connectivity index (χ4v) is 2.14. The average Bonchev–Trinajstić information content (AvgIpc) is 2.56. The number of urea groups is 1. The van der Waals surface area contributed by atoms with Crippen LogP contribution in [0.2, 0.25) is 0 Å². The molecule has 0 saturated carbocycles. The molecule has 0 aromatic heterocycles. The quantitative estimate of drug-likeness (QED) is 0.764. The molecule has 128 valence electrons. The van der Waals surface area contributed by atoms with Crippen molar-refractivity contribution in [3.8, 4) is 6.07 Å². The lowest BCUT2D eigenvalue weighted by Crippen LogP contribution is -2.19. The molecule has 0 unspecified atom stereocenters. The summed E-state index contributed by atoms with van der Waals surface area (Å²) in [4.78, 5) is 23.7. The van der Waals surface area contributed by atoms with Crippen LogP contribution in [0.15, 0.2) is 48.5 Å². The molecular formula is C19H20N4O2. The Hall–Kier alpha value is -3.33. The minimum atomic E-state index is -0.388. The van der Waals surface area contributed by atoms with Crippen LogP contribution in [0.5, 0.6) is 0 Å². The molecule has 0 aliphatic heterocycles. The van der Waals surface area contributed by atoms with Gasteiger partial charge in [0.05, 0.1) is 11.6 Å². The van der Waals surface area contributed by atoms with Crippen molar-refractivity contribution in [2.45, 2.75) is 20.3 Å². The van der Waals surface area contributed by atoms with Crippen LogP contribution < -0.4 is 16.0 Å². The monoisotopic (exact) mass is 336 g/mol. The second-order valence-corrected chi connectivity index (χ2v) is 5.99. The molecule has 0 fully saturated rings. The Bertz CT molecular complexity index is 775. The van der Waals surface area contributed by atoms with Crippen molar-refractivity contribution in [3.05, 3.63) is 54.1 Å². The average molecular weight is 336 g/mol. The van der Waals surface area contributed by atoms with E-state index >= 15 is 0 Å². The number of benzene rings is 2. The molecule has 0 bridgehead atoms. The van der Waals surface area contributed by atoms with Crippen molar-refractivity contribution < 1.29 is 9.59 Å². The van der Waals surface area contributed by atoms with E-state index in [9.17, 15) is 9.59 Å². The van der Waals surface area contributed by atoms with Gasteiger partial charge >= 0.3 is 6.03 Å². The Kier molecular flexibility index (Phi) is 6.13. The molecule has 0 atom stereocenters. The van der Waals surface area contributed by atoms with Gasteiger partial charge in [-0.05, 0) is 54.4 Å². The summed E-state index contributed by atoms with van der Waals surface area (Å²) < 4.78 is 0. The lowest BCUT2D eigenvalue weighted by Gasteiger charge is -2.10. The van der Waals surface area contributed by atoms with Gasteiger partial charge in [0, 0.05) is 23.5 Å². The first kappa shape index (κ1) is 18.0. The van der Waals surface area contributed by atoms with Gasteiger partial charge in [0.2, 0.25) is 5.91 Å². The first-order valence-electron chi connectivity index (χ1n) is 7.94. The molecule has 2 aromatic rings. The van der Waals surface area contributed by atoms with E-state index in [1.54, 1.807) is 48.5 Å². The number of hydrogen-bond donors (Lipinski definition) is 3. The Morgan fingerprint density at radius 1 is 0.880 bits per heavy atom. The highest BCUT2D eigenvalue weighted by Gasteiger charge is 2.06. The van der Waals surface area contributed by atoms with Crippen LogP contribution in [0.1, 0.15) is 25.8 Å². The lowest BCUT2D eigenvalue weighted by atomic mass is 10.1. The van der Waals surface area contributed by atoms with E-state index in [1.807, 2.05) is 19.9 Å². The number of nitriles is 1. The normalized spacial score (nSPS) is 10.0. The van der Waals surface area contributed by atoms with E-state index in [-0.39, 0.29) is 11.9 Å². The Balaban J connectivity index is 1.88. The van der Waals surface area contributed by atoms with E-state index in [4.69, 9.17) is 5.26 Å². The van der Waals surface area contributed by atoms with Crippen LogP contribution in [-0.4, -0.2) is 11.9 Å². The number of anilines is 3. The first-order valence-corrected chi connectivity index (χ1v) is 7.94. The second-order valence-electron chi connectivity index (χ2n) is 5.99. The van der Waals surface area contributed by atoms with Crippen LogP contribution >= 0.6 is 0 Å². The maximum absolute atomic E-state index is 12.0. The molecule has 3 amide bonds. The minimum absolute atomic E-state index is 0.0331. The zero-order chi connectivity index (χ0) is 18.2. The summed E-state index contributed by atoms with van der Waals surface area (Å²) in [5, 5.41) is 16.9. The topological polar surface area (TPSA) is 94.0 Å². The molecule has 0 aliphatic carbocycles. The number of nitrogens with one attached hydrogen (secondary N) is 3. The van der Waals surface area contributed by atoms with Gasteiger partial charge in [-0.3, -0.25) is 4.79 Å². The van der Waals surface area contributed by atoms with Crippen LogP contribution in [0, 0.1) is 17.2 Å². The fraction of sp³-hybridized carbons (Fsp3) is 0.211. The standard InChI is InChI=1S/C19H20N4O2/c1-13(2)11-18(24)21-15-7-9-17(10-8-15)23-19(25)22-16-5-3-14(12-20)4-6-16/h3-10,13H,11H2,1-2H3,(H,21,24)(H2,22,23,25). The van der Waals surface area contributed by atoms with Crippen molar-refractivity contribution in [1.29, 1.82) is 5.26 Å². The lowest BCUT2D eigenvalue weighted by molar-refractivity contribution is -0.116. The second kappa shape index (κ2) is 8.50. The summed E-state index contributed by atoms with van der Waals surface area (Å²) in [5.74, 6) is 0.265. The molecule has 6 nitrogen and oxygen atoms in total. The maximum atomic E-state index is 12.0. The fourth-order valence-electron chi connectivity index (χ4n) is 2.14. The summed E-state index contributed by atoms with van der Waals surface area (Å²) in [6, 6.07) is 15.1. The third kappa shape index (κ3) is 5.99. The van der Waals surface area contributed by atoms with Gasteiger partial charge in [0.15, 0.2) is 0 Å². The summed E-state index contributed by atoms with van der Waals surface area (Å²) in [6.07, 6.45) is 0.465. The molecule has 3 N–H and O–H groups in total. The number of hydrogen-bond acceptors (Lipinski definition) is 3. The predicted octanol–water partition coefficient (Wildman–Crippen LogP) is 4.19. The van der Waals surface area contributed by atoms with E-state index < -0.39 is 0 Å². The summed E-state index contributed by atoms with van der Waals surface area (Å²) in [6.45, 7) is 3.97. The number of amides is 3. The molecule has 0 saturated heterocycles. The smallest absolute Gasteiger partial charge is 0.323 e. The molecule has 25 heavy (non-hydrogen) atoms. The molecular weight excluding hydrogens is 316 g/mol. The molecule has 2 rings (SSSR count). The first-order chi connectivity index (χ1) is 12.0. The zero-order valence-electron chi connectivity index (χ0n) is 14.2. The SMILES string of the molecule is CC(C)CC(=O)Nc1ccc(NC(=O)Nc2ccc(C#N)cc2)cc1.